The predicted molar refractivity (Wildman–Crippen MR) is 47.1 cm³/mol. The lowest BCUT2D eigenvalue weighted by molar-refractivity contribution is -0.137. The molecule has 0 saturated carbocycles. The third-order valence-corrected chi connectivity index (χ3v) is 2.40. The first-order valence-corrected chi connectivity index (χ1v) is 4.44. The molecule has 1 heterocycles. The summed E-state index contributed by atoms with van der Waals surface area (Å²) in [6, 6.07) is 0. The van der Waals surface area contributed by atoms with E-state index in [0.29, 0.717) is 12.0 Å². The van der Waals surface area contributed by atoms with E-state index < -0.39 is 5.97 Å². The Morgan fingerprint density at radius 1 is 1.58 bits per heavy atom. The summed E-state index contributed by atoms with van der Waals surface area (Å²) >= 11 is 0. The van der Waals surface area contributed by atoms with Crippen LogP contribution in [0.3, 0.4) is 0 Å². The molecule has 0 aromatic rings. The van der Waals surface area contributed by atoms with Gasteiger partial charge in [-0.05, 0) is 18.4 Å². The second-order valence-corrected chi connectivity index (χ2v) is 4.33. The fourth-order valence-electron chi connectivity index (χ4n) is 1.67. The number of rotatable bonds is 3. The smallest absolute Gasteiger partial charge is 0.304 e. The average molecular weight is 171 g/mol. The molecule has 1 fully saturated rings. The molecule has 0 unspecified atom stereocenters. The Bertz CT molecular complexity index is 177. The van der Waals surface area contributed by atoms with Crippen LogP contribution in [0.25, 0.3) is 0 Å². The van der Waals surface area contributed by atoms with Crippen LogP contribution in [0.15, 0.2) is 0 Å². The van der Waals surface area contributed by atoms with E-state index in [1.807, 2.05) is 0 Å². The third kappa shape index (κ3) is 2.81. The summed E-state index contributed by atoms with van der Waals surface area (Å²) in [5.74, 6) is -0.695. The van der Waals surface area contributed by atoms with E-state index in [2.05, 4.69) is 18.7 Å². The van der Waals surface area contributed by atoms with Crippen LogP contribution in [0.4, 0.5) is 0 Å². The maximum Gasteiger partial charge on any atom is 0.304 e. The highest BCUT2D eigenvalue weighted by atomic mass is 16.4. The molecule has 1 saturated heterocycles. The van der Waals surface area contributed by atoms with Crippen LogP contribution in [0, 0.1) is 5.41 Å². The van der Waals surface area contributed by atoms with E-state index in [1.54, 1.807) is 0 Å². The van der Waals surface area contributed by atoms with Crippen molar-refractivity contribution >= 4 is 5.97 Å². The normalized spacial score (nSPS) is 22.8. The quantitative estimate of drug-likeness (QED) is 0.693. The van der Waals surface area contributed by atoms with Gasteiger partial charge in [-0.25, -0.2) is 0 Å². The highest BCUT2D eigenvalue weighted by molar-refractivity contribution is 5.66. The molecule has 0 spiro atoms. The minimum atomic E-state index is -0.695. The van der Waals surface area contributed by atoms with Gasteiger partial charge in [-0.2, -0.15) is 0 Å². The first-order chi connectivity index (χ1) is 5.49. The fourth-order valence-corrected chi connectivity index (χ4v) is 1.67. The molecule has 0 aromatic carbocycles. The van der Waals surface area contributed by atoms with Crippen molar-refractivity contribution in [1.82, 2.24) is 4.90 Å². The molecule has 3 heteroatoms. The van der Waals surface area contributed by atoms with Gasteiger partial charge >= 0.3 is 5.97 Å². The van der Waals surface area contributed by atoms with Crippen molar-refractivity contribution in [1.29, 1.82) is 0 Å². The number of hydrogen-bond acceptors (Lipinski definition) is 2. The van der Waals surface area contributed by atoms with Crippen LogP contribution in [0.2, 0.25) is 0 Å². The van der Waals surface area contributed by atoms with Crippen molar-refractivity contribution in [2.75, 3.05) is 19.6 Å². The second kappa shape index (κ2) is 3.44. The first-order valence-electron chi connectivity index (χ1n) is 4.44. The maximum atomic E-state index is 10.3. The van der Waals surface area contributed by atoms with Crippen molar-refractivity contribution in [3.8, 4) is 0 Å². The minimum Gasteiger partial charge on any atom is -0.481 e. The van der Waals surface area contributed by atoms with Crippen LogP contribution in [0.1, 0.15) is 26.7 Å². The molecular formula is C9H17NO2. The number of likely N-dealkylation sites (tertiary alicyclic amines) is 1. The van der Waals surface area contributed by atoms with Crippen molar-refractivity contribution in [3.05, 3.63) is 0 Å². The molecule has 3 nitrogen and oxygen atoms in total. The predicted octanol–water partition coefficient (Wildman–Crippen LogP) is 1.19. The fraction of sp³-hybridized carbons (Fsp3) is 0.889. The molecule has 0 amide bonds. The number of aliphatic carboxylic acids is 1. The largest absolute Gasteiger partial charge is 0.481 e. The number of carboxylic acid groups (broad SMARTS) is 1. The number of nitrogens with zero attached hydrogens (tertiary/aromatic N) is 1. The zero-order valence-corrected chi connectivity index (χ0v) is 7.84. The van der Waals surface area contributed by atoms with Gasteiger partial charge in [-0.3, -0.25) is 4.79 Å². The summed E-state index contributed by atoms with van der Waals surface area (Å²) in [6.07, 6.45) is 1.46. The average Bonchev–Trinajstić information content (AvgIpc) is 2.26. The van der Waals surface area contributed by atoms with E-state index in [4.69, 9.17) is 5.11 Å². The van der Waals surface area contributed by atoms with Gasteiger partial charge in [0.05, 0.1) is 6.42 Å². The number of carboxylic acids is 1. The van der Waals surface area contributed by atoms with E-state index in [9.17, 15) is 4.79 Å². The summed E-state index contributed by atoms with van der Waals surface area (Å²) in [7, 11) is 0. The van der Waals surface area contributed by atoms with Gasteiger partial charge in [0.2, 0.25) is 0 Å². The molecule has 1 aliphatic rings. The molecule has 70 valence electrons. The highest BCUT2D eigenvalue weighted by Gasteiger charge is 2.28. The first kappa shape index (κ1) is 9.52. The molecule has 0 atom stereocenters. The van der Waals surface area contributed by atoms with Gasteiger partial charge in [0, 0.05) is 13.1 Å². The summed E-state index contributed by atoms with van der Waals surface area (Å²) < 4.78 is 0. The molecule has 0 bridgehead atoms. The summed E-state index contributed by atoms with van der Waals surface area (Å²) in [4.78, 5) is 12.5. The lowest BCUT2D eigenvalue weighted by Gasteiger charge is -2.18. The standard InChI is InChI=1S/C9H17NO2/c1-9(2)4-6-10(7-9)5-3-8(11)12/h3-7H2,1-2H3,(H,11,12). The van der Waals surface area contributed by atoms with Crippen LogP contribution < -0.4 is 0 Å². The molecule has 0 aromatic heterocycles. The maximum absolute atomic E-state index is 10.3. The Balaban J connectivity index is 2.24. The van der Waals surface area contributed by atoms with Crippen molar-refractivity contribution in [3.63, 3.8) is 0 Å². The van der Waals surface area contributed by atoms with Crippen LogP contribution in [0.5, 0.6) is 0 Å². The Hall–Kier alpha value is -0.570. The van der Waals surface area contributed by atoms with Gasteiger partial charge < -0.3 is 10.0 Å². The lowest BCUT2D eigenvalue weighted by Crippen LogP contribution is -2.25. The van der Waals surface area contributed by atoms with E-state index >= 15 is 0 Å². The third-order valence-electron chi connectivity index (χ3n) is 2.40. The summed E-state index contributed by atoms with van der Waals surface area (Å²) in [5, 5.41) is 8.48. The van der Waals surface area contributed by atoms with Gasteiger partial charge in [-0.1, -0.05) is 13.8 Å². The Morgan fingerprint density at radius 2 is 2.25 bits per heavy atom. The Kier molecular flexibility index (Phi) is 2.73. The number of carbonyl (C=O) groups is 1. The van der Waals surface area contributed by atoms with Crippen LogP contribution in [-0.4, -0.2) is 35.6 Å². The molecule has 12 heavy (non-hydrogen) atoms. The van der Waals surface area contributed by atoms with Gasteiger partial charge in [0.25, 0.3) is 0 Å². The van der Waals surface area contributed by atoms with Gasteiger partial charge in [0.1, 0.15) is 0 Å². The van der Waals surface area contributed by atoms with Crippen molar-refractivity contribution < 1.29 is 9.90 Å². The van der Waals surface area contributed by atoms with E-state index in [-0.39, 0.29) is 6.42 Å². The van der Waals surface area contributed by atoms with Crippen molar-refractivity contribution in [2.45, 2.75) is 26.7 Å². The molecule has 0 aliphatic carbocycles. The van der Waals surface area contributed by atoms with Crippen LogP contribution >= 0.6 is 0 Å². The van der Waals surface area contributed by atoms with Gasteiger partial charge in [-0.15, -0.1) is 0 Å². The van der Waals surface area contributed by atoms with Gasteiger partial charge in [0.15, 0.2) is 0 Å². The Labute approximate surface area is 73.4 Å². The monoisotopic (exact) mass is 171 g/mol. The highest BCUT2D eigenvalue weighted by Crippen LogP contribution is 2.28. The number of hydrogen-bond donors (Lipinski definition) is 1. The second-order valence-electron chi connectivity index (χ2n) is 4.33. The molecule has 1 rings (SSSR count). The molecular weight excluding hydrogens is 154 g/mol. The summed E-state index contributed by atoms with van der Waals surface area (Å²) in [6.45, 7) is 7.26. The van der Waals surface area contributed by atoms with E-state index in [1.165, 1.54) is 6.42 Å². The zero-order valence-electron chi connectivity index (χ0n) is 7.84. The van der Waals surface area contributed by atoms with Crippen LogP contribution in [-0.2, 0) is 4.79 Å². The summed E-state index contributed by atoms with van der Waals surface area (Å²) in [5.41, 5.74) is 0.387. The lowest BCUT2D eigenvalue weighted by atomic mass is 9.93. The van der Waals surface area contributed by atoms with Crippen molar-refractivity contribution in [2.24, 2.45) is 5.41 Å². The Morgan fingerprint density at radius 3 is 2.67 bits per heavy atom. The minimum absolute atomic E-state index is 0.274. The topological polar surface area (TPSA) is 40.5 Å². The SMILES string of the molecule is CC1(C)CCN(CCC(=O)O)C1. The molecule has 1 aliphatic heterocycles. The molecule has 0 radical (unpaired) electrons. The van der Waals surface area contributed by atoms with E-state index in [0.717, 1.165) is 13.1 Å². The molecule has 1 N–H and O–H groups in total. The zero-order chi connectivity index (χ0) is 9.19.